The molecule has 3 aromatic carbocycles. The number of amides is 2. The van der Waals surface area contributed by atoms with Crippen LogP contribution in [0.3, 0.4) is 0 Å². The van der Waals surface area contributed by atoms with E-state index in [9.17, 15) is 14.4 Å². The Morgan fingerprint density at radius 1 is 0.917 bits per heavy atom. The molecule has 1 N–H and O–H groups in total. The highest BCUT2D eigenvalue weighted by molar-refractivity contribution is 5.98. The van der Waals surface area contributed by atoms with E-state index < -0.39 is 29.9 Å². The highest BCUT2D eigenvalue weighted by Crippen LogP contribution is 2.41. The Labute approximate surface area is 350 Å². The molecule has 3 atom stereocenters. The summed E-state index contributed by atoms with van der Waals surface area (Å²) >= 11 is 0. The summed E-state index contributed by atoms with van der Waals surface area (Å²) in [5.74, 6) is 1.72. The van der Waals surface area contributed by atoms with E-state index in [1.54, 1.807) is 20.0 Å². The third kappa shape index (κ3) is 8.73. The van der Waals surface area contributed by atoms with E-state index in [1.165, 1.54) is 44.1 Å². The van der Waals surface area contributed by atoms with Gasteiger partial charge in [-0.15, -0.1) is 0 Å². The number of aromatic nitrogens is 2. The molecule has 0 spiro atoms. The number of nitrogens with zero attached hydrogens (tertiary/aromatic N) is 3. The number of oxazole rings is 1. The van der Waals surface area contributed by atoms with Crippen LogP contribution in [0.25, 0.3) is 11.1 Å². The average molecular weight is 813 g/mol. The monoisotopic (exact) mass is 812 g/mol. The highest BCUT2D eigenvalue weighted by atomic mass is 16.6. The molecule has 4 heterocycles. The molecule has 2 aliphatic heterocycles. The van der Waals surface area contributed by atoms with Crippen LogP contribution >= 0.6 is 0 Å². The molecule has 12 nitrogen and oxygen atoms in total. The maximum Gasteiger partial charge on any atom is 0.328 e. The topological polar surface area (TPSA) is 142 Å². The van der Waals surface area contributed by atoms with Gasteiger partial charge < -0.3 is 33.6 Å². The van der Waals surface area contributed by atoms with Gasteiger partial charge in [0.15, 0.2) is 29.2 Å². The minimum Gasteiger partial charge on any atom is -0.493 e. The zero-order valence-electron chi connectivity index (χ0n) is 34.9. The highest BCUT2D eigenvalue weighted by Gasteiger charge is 2.39. The van der Waals surface area contributed by atoms with Crippen LogP contribution in [-0.4, -0.2) is 65.1 Å². The lowest BCUT2D eigenvalue weighted by atomic mass is 9.90. The first-order chi connectivity index (χ1) is 29.0. The standard InChI is InChI=1S/C48H52N4O8/c1-28-29(2)49-20-19-39(28)34-13-11-32(12-14-34)21-40(48(55)56-5)51-46(53)41-22-36-23-42-43(24-37(36)25-52(41)47(54)45-30(3)59-31(4)50-45)60-44(27-58-42)35-15-17-38(18-16-35)57-26-33-9-7-6-8-10-33/h11-20,23-24,33,40-41,44H,6-10,21-22,25-27H2,1-5H3,(H,51,53)/t40-,41-,44+/m0/s1. The summed E-state index contributed by atoms with van der Waals surface area (Å²) in [6.07, 6.45) is 8.13. The number of rotatable bonds is 11. The van der Waals surface area contributed by atoms with Crippen LogP contribution in [0.15, 0.2) is 77.3 Å². The summed E-state index contributed by atoms with van der Waals surface area (Å²) in [6.45, 7) is 8.49. The second-order valence-corrected chi connectivity index (χ2v) is 16.2. The Hall–Kier alpha value is -6.17. The molecule has 60 heavy (non-hydrogen) atoms. The summed E-state index contributed by atoms with van der Waals surface area (Å²) < 4.78 is 29.7. The molecule has 1 aliphatic carbocycles. The Balaban J connectivity index is 1.00. The normalized spacial score (nSPS) is 18.0. The number of fused-ring (bicyclic) bond motifs is 2. The lowest BCUT2D eigenvalue weighted by molar-refractivity contribution is -0.145. The van der Waals surface area contributed by atoms with Crippen LogP contribution in [0.4, 0.5) is 0 Å². The van der Waals surface area contributed by atoms with Crippen molar-refractivity contribution in [2.45, 2.75) is 97.4 Å². The number of pyridine rings is 1. The second-order valence-electron chi connectivity index (χ2n) is 16.2. The SMILES string of the molecule is COC(=O)[C@H](Cc1ccc(-c2ccnc(C)c2C)cc1)NC(=O)[C@@H]1Cc2cc3c(cc2CN1C(=O)c1nc(C)oc1C)O[C@@H](c1ccc(OCC2CCCCC2)cc1)CO3. The van der Waals surface area contributed by atoms with Gasteiger partial charge in [0.25, 0.3) is 5.91 Å². The fourth-order valence-corrected chi connectivity index (χ4v) is 8.59. The molecule has 5 aromatic rings. The first-order valence-corrected chi connectivity index (χ1v) is 20.9. The van der Waals surface area contributed by atoms with Gasteiger partial charge in [0.05, 0.1) is 13.7 Å². The van der Waals surface area contributed by atoms with Gasteiger partial charge in [-0.05, 0) is 109 Å². The van der Waals surface area contributed by atoms with Crippen molar-refractivity contribution in [3.63, 3.8) is 0 Å². The first-order valence-electron chi connectivity index (χ1n) is 20.9. The molecular formula is C48H52N4O8. The minimum absolute atomic E-state index is 0.0875. The van der Waals surface area contributed by atoms with Crippen molar-refractivity contribution in [2.24, 2.45) is 5.92 Å². The summed E-state index contributed by atoms with van der Waals surface area (Å²) in [6, 6.07) is 19.6. The van der Waals surface area contributed by atoms with Gasteiger partial charge in [0, 0.05) is 38.2 Å². The fourth-order valence-electron chi connectivity index (χ4n) is 8.59. The second kappa shape index (κ2) is 17.6. The Morgan fingerprint density at radius 3 is 2.38 bits per heavy atom. The molecule has 0 bridgehead atoms. The van der Waals surface area contributed by atoms with E-state index in [4.69, 9.17) is 23.4 Å². The van der Waals surface area contributed by atoms with Crippen molar-refractivity contribution in [2.75, 3.05) is 20.3 Å². The predicted molar refractivity (Wildman–Crippen MR) is 224 cm³/mol. The number of hydrogen-bond acceptors (Lipinski definition) is 10. The summed E-state index contributed by atoms with van der Waals surface area (Å²) in [5.41, 5.74) is 7.70. The van der Waals surface area contributed by atoms with Gasteiger partial charge in [0.1, 0.15) is 30.2 Å². The molecule has 0 saturated heterocycles. The van der Waals surface area contributed by atoms with E-state index in [0.29, 0.717) is 35.7 Å². The van der Waals surface area contributed by atoms with Gasteiger partial charge in [-0.2, -0.15) is 0 Å². The molecule has 1 saturated carbocycles. The molecule has 1 fully saturated rings. The van der Waals surface area contributed by atoms with E-state index in [-0.39, 0.29) is 31.2 Å². The Bertz CT molecular complexity index is 2370. The van der Waals surface area contributed by atoms with Gasteiger partial charge >= 0.3 is 5.97 Å². The number of methoxy groups -OCH3 is 1. The maximum absolute atomic E-state index is 14.4. The van der Waals surface area contributed by atoms with Crippen molar-refractivity contribution in [1.29, 1.82) is 0 Å². The fraction of sp³-hybridized carbons (Fsp3) is 0.396. The lowest BCUT2D eigenvalue weighted by Gasteiger charge is -2.37. The molecule has 2 aromatic heterocycles. The van der Waals surface area contributed by atoms with Crippen molar-refractivity contribution in [3.8, 4) is 28.4 Å². The van der Waals surface area contributed by atoms with Crippen LogP contribution < -0.4 is 19.5 Å². The van der Waals surface area contributed by atoms with Crippen LogP contribution in [-0.2, 0) is 33.7 Å². The van der Waals surface area contributed by atoms with Crippen molar-refractivity contribution in [3.05, 3.63) is 124 Å². The zero-order valence-corrected chi connectivity index (χ0v) is 34.9. The molecule has 0 radical (unpaired) electrons. The van der Waals surface area contributed by atoms with E-state index in [1.807, 2.05) is 80.6 Å². The zero-order chi connectivity index (χ0) is 41.9. The smallest absolute Gasteiger partial charge is 0.328 e. The minimum atomic E-state index is -1.01. The van der Waals surface area contributed by atoms with E-state index in [0.717, 1.165) is 57.0 Å². The van der Waals surface area contributed by atoms with Crippen LogP contribution in [0.5, 0.6) is 17.2 Å². The third-order valence-corrected chi connectivity index (χ3v) is 12.2. The van der Waals surface area contributed by atoms with Crippen LogP contribution in [0.2, 0.25) is 0 Å². The largest absolute Gasteiger partial charge is 0.493 e. The quantitative estimate of drug-likeness (QED) is 0.131. The summed E-state index contributed by atoms with van der Waals surface area (Å²) in [5, 5.41) is 2.93. The molecule has 3 aliphatic rings. The molecule has 0 unspecified atom stereocenters. The van der Waals surface area contributed by atoms with Crippen molar-refractivity contribution in [1.82, 2.24) is 20.2 Å². The number of benzene rings is 3. The number of aryl methyl sites for hydroxylation is 3. The van der Waals surface area contributed by atoms with Crippen molar-refractivity contribution < 1.29 is 37.7 Å². The summed E-state index contributed by atoms with van der Waals surface area (Å²) in [7, 11) is 1.29. The average Bonchev–Trinajstić information content (AvgIpc) is 3.62. The van der Waals surface area contributed by atoms with E-state index in [2.05, 4.69) is 15.3 Å². The first kappa shape index (κ1) is 40.6. The summed E-state index contributed by atoms with van der Waals surface area (Å²) in [4.78, 5) is 52.1. The molecule has 12 heteroatoms. The van der Waals surface area contributed by atoms with Crippen molar-refractivity contribution >= 4 is 17.8 Å². The third-order valence-electron chi connectivity index (χ3n) is 12.2. The van der Waals surface area contributed by atoms with Crippen LogP contribution in [0, 0.1) is 33.6 Å². The molecule has 312 valence electrons. The van der Waals surface area contributed by atoms with Gasteiger partial charge in [-0.3, -0.25) is 14.6 Å². The number of nitrogens with one attached hydrogen (secondary N) is 1. The Kier molecular flexibility index (Phi) is 11.9. The number of carbonyl (C=O) groups excluding carboxylic acids is 3. The lowest BCUT2D eigenvalue weighted by Crippen LogP contribution is -2.56. The molecule has 8 rings (SSSR count). The number of hydrogen-bond donors (Lipinski definition) is 1. The molecule has 2 amide bonds. The van der Waals surface area contributed by atoms with E-state index >= 15 is 0 Å². The number of ether oxygens (including phenoxy) is 4. The maximum atomic E-state index is 14.4. The van der Waals surface area contributed by atoms with Gasteiger partial charge in [-0.1, -0.05) is 55.7 Å². The van der Waals surface area contributed by atoms with Crippen LogP contribution in [0.1, 0.15) is 93.9 Å². The number of carbonyl (C=O) groups is 3. The number of esters is 1. The molecular weight excluding hydrogens is 761 g/mol. The van der Waals surface area contributed by atoms with Gasteiger partial charge in [0.2, 0.25) is 5.91 Å². The Morgan fingerprint density at radius 2 is 1.67 bits per heavy atom. The van der Waals surface area contributed by atoms with Gasteiger partial charge in [-0.25, -0.2) is 9.78 Å². The predicted octanol–water partition coefficient (Wildman–Crippen LogP) is 7.91.